The van der Waals surface area contributed by atoms with Gasteiger partial charge in [-0.1, -0.05) is 6.92 Å². The lowest BCUT2D eigenvalue weighted by molar-refractivity contribution is -0.148. The van der Waals surface area contributed by atoms with Gasteiger partial charge in [-0.25, -0.2) is 0 Å². The highest BCUT2D eigenvalue weighted by Gasteiger charge is 2.34. The monoisotopic (exact) mass is 260 g/mol. The lowest BCUT2D eigenvalue weighted by atomic mass is 10.0. The van der Waals surface area contributed by atoms with Gasteiger partial charge >= 0.3 is 5.97 Å². The molecule has 0 aromatic heterocycles. The summed E-state index contributed by atoms with van der Waals surface area (Å²) in [7, 11) is 3.39. The number of likely N-dealkylation sites (N-methyl/N-ethyl adjacent to an activating group) is 2. The van der Waals surface area contributed by atoms with E-state index in [1.165, 1.54) is 7.11 Å². The standard InChI is InChI=1S/C13H28N2O3/c1-7-14-13(4,12(16)17-6)10-15(5)8-9-18-11(2)3/h11,14H,7-10H2,1-6H3. The number of carbonyl (C=O) groups excluding carboxylic acids is 1. The first-order valence-corrected chi connectivity index (χ1v) is 6.49. The fourth-order valence-corrected chi connectivity index (χ4v) is 1.87. The zero-order valence-electron chi connectivity index (χ0n) is 12.6. The predicted octanol–water partition coefficient (Wildman–Crippen LogP) is 0.884. The van der Waals surface area contributed by atoms with Gasteiger partial charge < -0.3 is 19.7 Å². The van der Waals surface area contributed by atoms with Crippen LogP contribution in [0.3, 0.4) is 0 Å². The molecule has 0 aromatic rings. The molecule has 0 saturated carbocycles. The molecule has 0 radical (unpaired) electrons. The van der Waals surface area contributed by atoms with Crippen molar-refractivity contribution in [2.24, 2.45) is 0 Å². The van der Waals surface area contributed by atoms with Crippen molar-refractivity contribution < 1.29 is 14.3 Å². The Labute approximate surface area is 111 Å². The molecule has 0 rings (SSSR count). The molecule has 18 heavy (non-hydrogen) atoms. The summed E-state index contributed by atoms with van der Waals surface area (Å²) in [5.41, 5.74) is -0.671. The van der Waals surface area contributed by atoms with Crippen LogP contribution >= 0.6 is 0 Å². The maximum absolute atomic E-state index is 11.8. The van der Waals surface area contributed by atoms with E-state index in [4.69, 9.17) is 9.47 Å². The van der Waals surface area contributed by atoms with Crippen LogP contribution in [0.5, 0.6) is 0 Å². The molecule has 0 aliphatic heterocycles. The highest BCUT2D eigenvalue weighted by atomic mass is 16.5. The molecule has 0 aromatic carbocycles. The fraction of sp³-hybridized carbons (Fsp3) is 0.923. The maximum atomic E-state index is 11.8. The summed E-state index contributed by atoms with van der Waals surface area (Å²) in [5.74, 6) is -0.235. The second-order valence-corrected chi connectivity index (χ2v) is 5.01. The molecule has 5 nitrogen and oxygen atoms in total. The summed E-state index contributed by atoms with van der Waals surface area (Å²) < 4.78 is 10.3. The number of nitrogens with one attached hydrogen (secondary N) is 1. The molecule has 0 bridgehead atoms. The van der Waals surface area contributed by atoms with Crippen LogP contribution in [0.1, 0.15) is 27.7 Å². The molecule has 1 unspecified atom stereocenters. The first-order valence-electron chi connectivity index (χ1n) is 6.49. The zero-order chi connectivity index (χ0) is 14.2. The van der Waals surface area contributed by atoms with Gasteiger partial charge in [0, 0.05) is 13.1 Å². The molecule has 108 valence electrons. The average molecular weight is 260 g/mol. The second-order valence-electron chi connectivity index (χ2n) is 5.01. The largest absolute Gasteiger partial charge is 0.468 e. The Kier molecular flexibility index (Phi) is 8.15. The molecule has 0 saturated heterocycles. The molecule has 1 N–H and O–H groups in total. The van der Waals surface area contributed by atoms with Gasteiger partial charge in [0.15, 0.2) is 0 Å². The Hall–Kier alpha value is -0.650. The molecular weight excluding hydrogens is 232 g/mol. The zero-order valence-corrected chi connectivity index (χ0v) is 12.6. The van der Waals surface area contributed by atoms with E-state index >= 15 is 0 Å². The smallest absolute Gasteiger partial charge is 0.327 e. The van der Waals surface area contributed by atoms with E-state index in [2.05, 4.69) is 10.2 Å². The summed E-state index contributed by atoms with van der Waals surface area (Å²) in [5, 5.41) is 3.18. The molecule has 0 fully saturated rings. The Bertz CT molecular complexity index is 246. The molecule has 0 aliphatic rings. The number of methoxy groups -OCH3 is 1. The van der Waals surface area contributed by atoms with E-state index in [-0.39, 0.29) is 12.1 Å². The highest BCUT2D eigenvalue weighted by Crippen LogP contribution is 2.08. The fourth-order valence-electron chi connectivity index (χ4n) is 1.87. The van der Waals surface area contributed by atoms with Crippen molar-refractivity contribution in [3.05, 3.63) is 0 Å². The number of hydrogen-bond donors (Lipinski definition) is 1. The molecule has 0 amide bonds. The van der Waals surface area contributed by atoms with E-state index in [1.807, 2.05) is 34.7 Å². The molecule has 0 heterocycles. The summed E-state index contributed by atoms with van der Waals surface area (Å²) in [6.45, 7) is 10.6. The number of hydrogen-bond acceptors (Lipinski definition) is 5. The van der Waals surface area contributed by atoms with E-state index in [1.54, 1.807) is 0 Å². The van der Waals surface area contributed by atoms with Crippen molar-refractivity contribution in [2.75, 3.05) is 40.4 Å². The van der Waals surface area contributed by atoms with Crippen LogP contribution in [0.15, 0.2) is 0 Å². The third-order valence-corrected chi connectivity index (χ3v) is 2.71. The SMILES string of the molecule is CCNC(C)(CN(C)CCOC(C)C)C(=O)OC. The summed E-state index contributed by atoms with van der Waals surface area (Å²) >= 11 is 0. The van der Waals surface area contributed by atoms with E-state index in [0.29, 0.717) is 13.2 Å². The van der Waals surface area contributed by atoms with Gasteiger partial charge in [-0.15, -0.1) is 0 Å². The topological polar surface area (TPSA) is 50.8 Å². The Balaban J connectivity index is 4.27. The number of carbonyl (C=O) groups is 1. The van der Waals surface area contributed by atoms with Crippen molar-refractivity contribution >= 4 is 5.97 Å². The Morgan fingerprint density at radius 2 is 2.06 bits per heavy atom. The predicted molar refractivity (Wildman–Crippen MR) is 72.7 cm³/mol. The lowest BCUT2D eigenvalue weighted by Crippen LogP contribution is -2.57. The van der Waals surface area contributed by atoms with Gasteiger partial charge in [-0.05, 0) is 34.4 Å². The first-order chi connectivity index (χ1) is 8.35. The van der Waals surface area contributed by atoms with Gasteiger partial charge in [0.25, 0.3) is 0 Å². The maximum Gasteiger partial charge on any atom is 0.327 e. The Morgan fingerprint density at radius 3 is 2.50 bits per heavy atom. The lowest BCUT2D eigenvalue weighted by Gasteiger charge is -2.32. The molecule has 1 atom stereocenters. The number of ether oxygens (including phenoxy) is 2. The summed E-state index contributed by atoms with van der Waals surface area (Å²) in [6, 6.07) is 0. The van der Waals surface area contributed by atoms with Gasteiger partial charge in [0.2, 0.25) is 0 Å². The average Bonchev–Trinajstić information content (AvgIpc) is 2.27. The van der Waals surface area contributed by atoms with Gasteiger partial charge in [0.05, 0.1) is 19.8 Å². The van der Waals surface area contributed by atoms with Crippen molar-refractivity contribution in [2.45, 2.75) is 39.3 Å². The van der Waals surface area contributed by atoms with Gasteiger partial charge in [0.1, 0.15) is 5.54 Å². The highest BCUT2D eigenvalue weighted by molar-refractivity contribution is 5.80. The molecule has 0 spiro atoms. The molecular formula is C13H28N2O3. The van der Waals surface area contributed by atoms with Crippen LogP contribution < -0.4 is 5.32 Å². The van der Waals surface area contributed by atoms with E-state index in [0.717, 1.165) is 13.1 Å². The molecule has 0 aliphatic carbocycles. The van der Waals surface area contributed by atoms with Crippen molar-refractivity contribution in [1.82, 2.24) is 10.2 Å². The van der Waals surface area contributed by atoms with Crippen molar-refractivity contribution in [3.8, 4) is 0 Å². The van der Waals surface area contributed by atoms with E-state index in [9.17, 15) is 4.79 Å². The second kappa shape index (κ2) is 8.45. The minimum Gasteiger partial charge on any atom is -0.468 e. The third-order valence-electron chi connectivity index (χ3n) is 2.71. The van der Waals surface area contributed by atoms with Crippen LogP contribution in [0.2, 0.25) is 0 Å². The normalized spacial score (nSPS) is 14.9. The number of esters is 1. The van der Waals surface area contributed by atoms with Crippen molar-refractivity contribution in [3.63, 3.8) is 0 Å². The molecule has 5 heteroatoms. The van der Waals surface area contributed by atoms with Crippen LogP contribution in [0.25, 0.3) is 0 Å². The minimum absolute atomic E-state index is 0.235. The number of nitrogens with zero attached hydrogens (tertiary/aromatic N) is 1. The van der Waals surface area contributed by atoms with Crippen LogP contribution in [-0.2, 0) is 14.3 Å². The summed E-state index contributed by atoms with van der Waals surface area (Å²) in [6.07, 6.45) is 0.235. The Morgan fingerprint density at radius 1 is 1.44 bits per heavy atom. The van der Waals surface area contributed by atoms with Crippen LogP contribution in [0, 0.1) is 0 Å². The minimum atomic E-state index is -0.671. The van der Waals surface area contributed by atoms with E-state index < -0.39 is 5.54 Å². The number of rotatable bonds is 9. The van der Waals surface area contributed by atoms with Crippen LogP contribution in [0.4, 0.5) is 0 Å². The summed E-state index contributed by atoms with van der Waals surface area (Å²) in [4.78, 5) is 13.9. The third kappa shape index (κ3) is 6.33. The van der Waals surface area contributed by atoms with Crippen LogP contribution in [-0.4, -0.2) is 62.9 Å². The van der Waals surface area contributed by atoms with Gasteiger partial charge in [-0.3, -0.25) is 4.79 Å². The van der Waals surface area contributed by atoms with Crippen molar-refractivity contribution in [1.29, 1.82) is 0 Å². The quantitative estimate of drug-likeness (QED) is 0.624. The van der Waals surface area contributed by atoms with Gasteiger partial charge in [-0.2, -0.15) is 0 Å². The first kappa shape index (κ1) is 17.4.